The van der Waals surface area contributed by atoms with Crippen molar-refractivity contribution in [2.75, 3.05) is 6.54 Å². The van der Waals surface area contributed by atoms with Crippen molar-refractivity contribution in [3.63, 3.8) is 0 Å². The van der Waals surface area contributed by atoms with Crippen LogP contribution in [0.4, 0.5) is 0 Å². The van der Waals surface area contributed by atoms with E-state index < -0.39 is 23.7 Å². The third kappa shape index (κ3) is 4.27. The molecule has 30 heavy (non-hydrogen) atoms. The molecule has 0 aliphatic carbocycles. The predicted molar refractivity (Wildman–Crippen MR) is 110 cm³/mol. The number of hydrogen-bond donors (Lipinski definition) is 1. The smallest absolute Gasteiger partial charge is 0.295 e. The van der Waals surface area contributed by atoms with Gasteiger partial charge >= 0.3 is 0 Å². The minimum absolute atomic E-state index is 0.0111. The van der Waals surface area contributed by atoms with E-state index in [1.54, 1.807) is 30.3 Å². The van der Waals surface area contributed by atoms with Crippen LogP contribution < -0.4 is 5.11 Å². The van der Waals surface area contributed by atoms with Crippen molar-refractivity contribution in [2.45, 2.75) is 38.6 Å². The number of hydrogen-bond acceptors (Lipinski definition) is 5. The molecular formula is C24H24NO5-. The molecule has 1 atom stereocenters. The van der Waals surface area contributed by atoms with Gasteiger partial charge in [0, 0.05) is 18.1 Å². The number of likely N-dealkylation sites (tertiary alicyclic amines) is 1. The average Bonchev–Trinajstić information content (AvgIpc) is 2.98. The highest BCUT2D eigenvalue weighted by molar-refractivity contribution is 6.46. The number of aliphatic carboxylic acids is 1. The van der Waals surface area contributed by atoms with Gasteiger partial charge in [0.05, 0.1) is 11.6 Å². The molecule has 1 saturated heterocycles. The summed E-state index contributed by atoms with van der Waals surface area (Å²) in [5.41, 5.74) is 2.24. The van der Waals surface area contributed by atoms with Gasteiger partial charge in [0.1, 0.15) is 5.76 Å². The van der Waals surface area contributed by atoms with Crippen LogP contribution in [0.15, 0.2) is 60.2 Å². The zero-order valence-corrected chi connectivity index (χ0v) is 17.0. The van der Waals surface area contributed by atoms with Crippen molar-refractivity contribution < 1.29 is 24.6 Å². The number of aliphatic hydroxyl groups excluding tert-OH is 1. The molecule has 0 saturated carbocycles. The molecule has 3 rings (SSSR count). The van der Waals surface area contributed by atoms with Crippen LogP contribution in [-0.2, 0) is 14.4 Å². The number of carbonyl (C=O) groups is 3. The third-order valence-electron chi connectivity index (χ3n) is 5.29. The number of ketones is 1. The lowest BCUT2D eigenvalue weighted by Crippen LogP contribution is -2.32. The first-order valence-electron chi connectivity index (χ1n) is 9.94. The highest BCUT2D eigenvalue weighted by Gasteiger charge is 2.45. The molecule has 1 fully saturated rings. The summed E-state index contributed by atoms with van der Waals surface area (Å²) in [5, 5.41) is 21.7. The SMILES string of the molecule is CC(C)c1ccc([C@@H]2C(=C(O)c3ccccc3)C(=O)C(=O)N2CCCC(=O)[O-])cc1. The molecule has 6 heteroatoms. The van der Waals surface area contributed by atoms with Gasteiger partial charge in [-0.15, -0.1) is 0 Å². The lowest BCUT2D eigenvalue weighted by Gasteiger charge is -2.25. The van der Waals surface area contributed by atoms with Gasteiger partial charge in [0.2, 0.25) is 0 Å². The molecule has 6 nitrogen and oxygen atoms in total. The second-order valence-electron chi connectivity index (χ2n) is 7.66. The molecule has 1 aliphatic heterocycles. The van der Waals surface area contributed by atoms with Gasteiger partial charge in [-0.2, -0.15) is 0 Å². The van der Waals surface area contributed by atoms with E-state index in [-0.39, 0.29) is 30.7 Å². The Bertz CT molecular complexity index is 976. The van der Waals surface area contributed by atoms with Crippen molar-refractivity contribution in [1.29, 1.82) is 0 Å². The highest BCUT2D eigenvalue weighted by Crippen LogP contribution is 2.39. The van der Waals surface area contributed by atoms with Crippen molar-refractivity contribution in [3.05, 3.63) is 76.9 Å². The fraction of sp³-hybridized carbons (Fsp3) is 0.292. The van der Waals surface area contributed by atoms with E-state index >= 15 is 0 Å². The number of carbonyl (C=O) groups excluding carboxylic acids is 3. The highest BCUT2D eigenvalue weighted by atomic mass is 16.4. The van der Waals surface area contributed by atoms with Crippen LogP contribution >= 0.6 is 0 Å². The minimum atomic E-state index is -1.21. The summed E-state index contributed by atoms with van der Waals surface area (Å²) in [7, 11) is 0. The number of carboxylic acid groups (broad SMARTS) is 1. The Morgan fingerprint density at radius 1 is 1.07 bits per heavy atom. The summed E-state index contributed by atoms with van der Waals surface area (Å²) in [4.78, 5) is 37.7. The molecule has 1 N–H and O–H groups in total. The summed E-state index contributed by atoms with van der Waals surface area (Å²) in [5.74, 6) is -2.66. The second kappa shape index (κ2) is 8.95. The maximum atomic E-state index is 12.8. The van der Waals surface area contributed by atoms with Crippen LogP contribution in [-0.4, -0.2) is 34.2 Å². The fourth-order valence-electron chi connectivity index (χ4n) is 3.67. The van der Waals surface area contributed by atoms with Crippen molar-refractivity contribution in [3.8, 4) is 0 Å². The van der Waals surface area contributed by atoms with Gasteiger partial charge in [-0.1, -0.05) is 68.4 Å². The molecule has 2 aromatic carbocycles. The van der Waals surface area contributed by atoms with Crippen LogP contribution in [0, 0.1) is 0 Å². The van der Waals surface area contributed by atoms with Gasteiger partial charge in [-0.3, -0.25) is 9.59 Å². The second-order valence-corrected chi connectivity index (χ2v) is 7.66. The van der Waals surface area contributed by atoms with Crippen LogP contribution in [0.1, 0.15) is 55.3 Å². The Labute approximate surface area is 175 Å². The van der Waals surface area contributed by atoms with Crippen LogP contribution in [0.25, 0.3) is 5.76 Å². The van der Waals surface area contributed by atoms with Gasteiger partial charge in [-0.05, 0) is 29.9 Å². The molecule has 2 aromatic rings. The normalized spacial score (nSPS) is 18.2. The molecule has 156 valence electrons. The monoisotopic (exact) mass is 406 g/mol. The van der Waals surface area contributed by atoms with Gasteiger partial charge in [0.25, 0.3) is 11.7 Å². The Balaban J connectivity index is 2.08. The Morgan fingerprint density at radius 2 is 1.70 bits per heavy atom. The third-order valence-corrected chi connectivity index (χ3v) is 5.29. The largest absolute Gasteiger partial charge is 0.550 e. The van der Waals surface area contributed by atoms with Crippen molar-refractivity contribution in [1.82, 2.24) is 4.90 Å². The molecule has 0 radical (unpaired) electrons. The zero-order chi connectivity index (χ0) is 21.8. The standard InChI is InChI=1S/C24H25NO5/c1-15(2)16-10-12-17(13-11-16)21-20(22(28)18-7-4-3-5-8-18)23(29)24(30)25(21)14-6-9-19(26)27/h3-5,7-8,10-13,15,21,28H,6,9,14H2,1-2H3,(H,26,27)/p-1/t21-/m1/s1. The molecule has 0 unspecified atom stereocenters. The zero-order valence-electron chi connectivity index (χ0n) is 17.0. The van der Waals surface area contributed by atoms with E-state index in [1.807, 2.05) is 24.3 Å². The van der Waals surface area contributed by atoms with E-state index in [1.165, 1.54) is 4.90 Å². The topological polar surface area (TPSA) is 97.7 Å². The number of nitrogens with zero attached hydrogens (tertiary/aromatic N) is 1. The molecule has 0 spiro atoms. The quantitative estimate of drug-likeness (QED) is 0.433. The van der Waals surface area contributed by atoms with E-state index in [9.17, 15) is 24.6 Å². The van der Waals surface area contributed by atoms with Crippen molar-refractivity contribution in [2.24, 2.45) is 0 Å². The Morgan fingerprint density at radius 3 is 2.27 bits per heavy atom. The average molecular weight is 406 g/mol. The first kappa shape index (κ1) is 21.3. The lowest BCUT2D eigenvalue weighted by atomic mass is 9.93. The summed E-state index contributed by atoms with van der Waals surface area (Å²) in [6, 6.07) is 15.4. The maximum Gasteiger partial charge on any atom is 0.295 e. The molecule has 0 aromatic heterocycles. The molecule has 1 heterocycles. The first-order valence-corrected chi connectivity index (χ1v) is 9.94. The first-order chi connectivity index (χ1) is 14.3. The summed E-state index contributed by atoms with van der Waals surface area (Å²) >= 11 is 0. The number of amides is 1. The summed E-state index contributed by atoms with van der Waals surface area (Å²) in [6.45, 7) is 4.20. The number of Topliss-reactive ketones (excluding diaryl/α,β-unsaturated/α-hetero) is 1. The summed E-state index contributed by atoms with van der Waals surface area (Å²) in [6.07, 6.45) is -0.0675. The fourth-order valence-corrected chi connectivity index (χ4v) is 3.67. The lowest BCUT2D eigenvalue weighted by molar-refractivity contribution is -0.305. The van der Waals surface area contributed by atoms with E-state index in [4.69, 9.17) is 0 Å². The van der Waals surface area contributed by atoms with Crippen LogP contribution in [0.5, 0.6) is 0 Å². The minimum Gasteiger partial charge on any atom is -0.550 e. The number of aliphatic hydroxyl groups is 1. The van der Waals surface area contributed by atoms with E-state index in [0.29, 0.717) is 17.0 Å². The van der Waals surface area contributed by atoms with E-state index in [2.05, 4.69) is 13.8 Å². The molecule has 1 amide bonds. The Kier molecular flexibility index (Phi) is 6.35. The Hall–Kier alpha value is -3.41. The van der Waals surface area contributed by atoms with Crippen LogP contribution in [0.3, 0.4) is 0 Å². The van der Waals surface area contributed by atoms with Crippen molar-refractivity contribution >= 4 is 23.4 Å². The van der Waals surface area contributed by atoms with Gasteiger partial charge in [0.15, 0.2) is 0 Å². The molecule has 0 bridgehead atoms. The van der Waals surface area contributed by atoms with Crippen LogP contribution in [0.2, 0.25) is 0 Å². The summed E-state index contributed by atoms with van der Waals surface area (Å²) < 4.78 is 0. The molecule has 1 aliphatic rings. The van der Waals surface area contributed by atoms with Gasteiger partial charge < -0.3 is 19.9 Å². The number of carboxylic acids is 1. The van der Waals surface area contributed by atoms with E-state index in [0.717, 1.165) is 5.56 Å². The molecular weight excluding hydrogens is 382 g/mol. The number of benzene rings is 2. The van der Waals surface area contributed by atoms with Gasteiger partial charge in [-0.25, -0.2) is 0 Å². The maximum absolute atomic E-state index is 12.8. The number of rotatable bonds is 7. The predicted octanol–water partition coefficient (Wildman–Crippen LogP) is 2.76.